The number of carbonyl (C=O) groups is 2. The Balaban J connectivity index is 1.79. The summed E-state index contributed by atoms with van der Waals surface area (Å²) >= 11 is 6.78. The molecule has 0 spiro atoms. The second-order valence-corrected chi connectivity index (χ2v) is 7.23. The van der Waals surface area contributed by atoms with Gasteiger partial charge in [0.2, 0.25) is 0 Å². The summed E-state index contributed by atoms with van der Waals surface area (Å²) in [5.41, 5.74) is 1.53. The molecule has 1 fully saturated rings. The Hall–Kier alpha value is -2.88. The number of hydrogen-bond acceptors (Lipinski definition) is 5. The molecule has 3 rings (SSSR count). The Labute approximate surface area is 172 Å². The van der Waals surface area contributed by atoms with Crippen molar-refractivity contribution in [3.8, 4) is 23.8 Å². The van der Waals surface area contributed by atoms with Crippen molar-refractivity contribution in [2.75, 3.05) is 13.7 Å². The van der Waals surface area contributed by atoms with Crippen molar-refractivity contribution < 1.29 is 19.1 Å². The van der Waals surface area contributed by atoms with Crippen molar-refractivity contribution in [1.29, 1.82) is 0 Å². The van der Waals surface area contributed by atoms with Gasteiger partial charge in [0.25, 0.3) is 11.1 Å². The lowest BCUT2D eigenvalue weighted by Crippen LogP contribution is -2.27. The molecule has 0 saturated carbocycles. The van der Waals surface area contributed by atoms with Gasteiger partial charge in [0.05, 0.1) is 18.6 Å². The summed E-state index contributed by atoms with van der Waals surface area (Å²) in [4.78, 5) is 26.5. The Bertz CT molecular complexity index is 979. The predicted octanol–water partition coefficient (Wildman–Crippen LogP) is 4.60. The minimum absolute atomic E-state index is 0.124. The third-order valence-corrected chi connectivity index (χ3v) is 5.08. The molecule has 0 radical (unpaired) electrons. The number of nitrogens with zero attached hydrogens (tertiary/aromatic N) is 1. The molecular formula is C21H16ClNO4S. The molecule has 2 amide bonds. The van der Waals surface area contributed by atoms with Crippen molar-refractivity contribution >= 4 is 40.6 Å². The molecule has 1 aliphatic heterocycles. The summed E-state index contributed by atoms with van der Waals surface area (Å²) in [5.74, 6) is 3.05. The van der Waals surface area contributed by atoms with Gasteiger partial charge < -0.3 is 9.47 Å². The minimum Gasteiger partial charge on any atom is -0.493 e. The molecule has 5 nitrogen and oxygen atoms in total. The van der Waals surface area contributed by atoms with E-state index in [1.54, 1.807) is 48.5 Å². The summed E-state index contributed by atoms with van der Waals surface area (Å²) in [7, 11) is 1.52. The molecule has 2 aromatic rings. The number of methoxy groups -OCH3 is 1. The van der Waals surface area contributed by atoms with Gasteiger partial charge in [-0.15, -0.1) is 6.42 Å². The van der Waals surface area contributed by atoms with Gasteiger partial charge in [-0.25, -0.2) is 0 Å². The Kier molecular flexibility index (Phi) is 6.30. The fourth-order valence-corrected chi connectivity index (χ4v) is 3.54. The van der Waals surface area contributed by atoms with Crippen molar-refractivity contribution in [3.63, 3.8) is 0 Å². The number of amides is 2. The highest BCUT2D eigenvalue weighted by atomic mass is 35.5. The highest BCUT2D eigenvalue weighted by Gasteiger charge is 2.35. The molecule has 142 valence electrons. The summed E-state index contributed by atoms with van der Waals surface area (Å²) in [5, 5.41) is 0.286. The molecule has 0 unspecified atom stereocenters. The number of thioether (sulfide) groups is 1. The van der Waals surface area contributed by atoms with Crippen LogP contribution in [-0.4, -0.2) is 29.8 Å². The number of hydrogen-bond donors (Lipinski definition) is 0. The first-order valence-corrected chi connectivity index (χ1v) is 9.45. The molecule has 1 saturated heterocycles. The van der Waals surface area contributed by atoms with E-state index in [4.69, 9.17) is 27.5 Å². The molecule has 0 atom stereocenters. The van der Waals surface area contributed by atoms with Crippen LogP contribution in [0.15, 0.2) is 47.4 Å². The zero-order chi connectivity index (χ0) is 20.1. The number of terminal acetylenes is 1. The van der Waals surface area contributed by atoms with E-state index in [2.05, 4.69) is 5.92 Å². The summed E-state index contributed by atoms with van der Waals surface area (Å²) in [6.07, 6.45) is 6.85. The average molecular weight is 414 g/mol. The summed E-state index contributed by atoms with van der Waals surface area (Å²) in [6, 6.07) is 12.2. The van der Waals surface area contributed by atoms with E-state index >= 15 is 0 Å². The zero-order valence-corrected chi connectivity index (χ0v) is 16.5. The van der Waals surface area contributed by atoms with Gasteiger partial charge in [-0.05, 0) is 53.2 Å². The van der Waals surface area contributed by atoms with Crippen LogP contribution in [0.2, 0.25) is 5.02 Å². The first-order valence-electron chi connectivity index (χ1n) is 8.26. The molecule has 2 aromatic carbocycles. The van der Waals surface area contributed by atoms with E-state index in [0.717, 1.165) is 17.3 Å². The van der Waals surface area contributed by atoms with E-state index in [9.17, 15) is 9.59 Å². The number of carbonyl (C=O) groups excluding carboxylic acids is 2. The van der Waals surface area contributed by atoms with Crippen LogP contribution in [0.25, 0.3) is 6.08 Å². The van der Waals surface area contributed by atoms with Gasteiger partial charge in [0.1, 0.15) is 6.61 Å². The zero-order valence-electron chi connectivity index (χ0n) is 15.0. The van der Waals surface area contributed by atoms with Crippen LogP contribution in [-0.2, 0) is 11.3 Å². The standard InChI is InChI=1S/C21H16ClNO4S/c1-3-10-27-17-9-6-15(11-18(17)26-2)12-19-20(24)23(21(25)28-19)13-14-4-7-16(22)8-5-14/h1,4-9,11-12H,10,13H2,2H3/b19-12-. The van der Waals surface area contributed by atoms with Crippen LogP contribution in [0.3, 0.4) is 0 Å². The molecule has 1 heterocycles. The SMILES string of the molecule is C#CCOc1ccc(/C=C2\SC(=O)N(Cc3ccc(Cl)cc3)C2=O)cc1OC. The van der Waals surface area contributed by atoms with Crippen LogP contribution >= 0.6 is 23.4 Å². The largest absolute Gasteiger partial charge is 0.493 e. The van der Waals surface area contributed by atoms with Gasteiger partial charge in [-0.3, -0.25) is 14.5 Å². The Morgan fingerprint density at radius 3 is 2.61 bits per heavy atom. The maximum absolute atomic E-state index is 12.7. The van der Waals surface area contributed by atoms with Gasteiger partial charge in [0, 0.05) is 5.02 Å². The molecule has 28 heavy (non-hydrogen) atoms. The number of imide groups is 1. The van der Waals surface area contributed by atoms with Gasteiger partial charge in [0.15, 0.2) is 11.5 Å². The Morgan fingerprint density at radius 1 is 1.18 bits per heavy atom. The first kappa shape index (κ1) is 19.9. The minimum atomic E-state index is -0.337. The van der Waals surface area contributed by atoms with E-state index in [-0.39, 0.29) is 24.3 Å². The van der Waals surface area contributed by atoms with E-state index < -0.39 is 0 Å². The van der Waals surface area contributed by atoms with Gasteiger partial charge >= 0.3 is 0 Å². The van der Waals surface area contributed by atoms with E-state index in [1.807, 2.05) is 0 Å². The molecule has 1 aliphatic rings. The number of ether oxygens (including phenoxy) is 2. The monoisotopic (exact) mass is 413 g/mol. The Morgan fingerprint density at radius 2 is 1.93 bits per heavy atom. The molecule has 0 N–H and O–H groups in total. The molecule has 0 aromatic heterocycles. The number of rotatable bonds is 6. The lowest BCUT2D eigenvalue weighted by atomic mass is 10.1. The third kappa shape index (κ3) is 4.50. The summed E-state index contributed by atoms with van der Waals surface area (Å²) < 4.78 is 10.7. The highest BCUT2D eigenvalue weighted by molar-refractivity contribution is 8.18. The maximum atomic E-state index is 12.7. The molecular weight excluding hydrogens is 398 g/mol. The van der Waals surface area contributed by atoms with Crippen LogP contribution < -0.4 is 9.47 Å². The first-order chi connectivity index (χ1) is 13.5. The number of benzene rings is 2. The molecule has 0 bridgehead atoms. The average Bonchev–Trinajstić information content (AvgIpc) is 2.95. The molecule has 0 aliphatic carbocycles. The van der Waals surface area contributed by atoms with Gasteiger partial charge in [-0.1, -0.05) is 35.7 Å². The van der Waals surface area contributed by atoms with Crippen molar-refractivity contribution in [2.45, 2.75) is 6.54 Å². The van der Waals surface area contributed by atoms with Crippen LogP contribution in [0.4, 0.5) is 4.79 Å². The molecule has 7 heteroatoms. The van der Waals surface area contributed by atoms with E-state index in [1.165, 1.54) is 12.0 Å². The summed E-state index contributed by atoms with van der Waals surface area (Å²) in [6.45, 7) is 0.320. The fraction of sp³-hybridized carbons (Fsp3) is 0.143. The predicted molar refractivity (Wildman–Crippen MR) is 110 cm³/mol. The van der Waals surface area contributed by atoms with Gasteiger partial charge in [-0.2, -0.15) is 0 Å². The maximum Gasteiger partial charge on any atom is 0.293 e. The smallest absolute Gasteiger partial charge is 0.293 e. The van der Waals surface area contributed by atoms with Crippen molar-refractivity contribution in [3.05, 3.63) is 63.5 Å². The normalized spacial score (nSPS) is 15.0. The topological polar surface area (TPSA) is 55.8 Å². The second kappa shape index (κ2) is 8.87. The van der Waals surface area contributed by atoms with Crippen molar-refractivity contribution in [2.24, 2.45) is 0 Å². The van der Waals surface area contributed by atoms with E-state index in [0.29, 0.717) is 27.0 Å². The lowest BCUT2D eigenvalue weighted by molar-refractivity contribution is -0.123. The third-order valence-electron chi connectivity index (χ3n) is 3.92. The number of halogens is 1. The fourth-order valence-electron chi connectivity index (χ4n) is 2.57. The van der Waals surface area contributed by atoms with Crippen LogP contribution in [0, 0.1) is 12.3 Å². The lowest BCUT2D eigenvalue weighted by Gasteiger charge is -2.12. The second-order valence-electron chi connectivity index (χ2n) is 5.80. The van der Waals surface area contributed by atoms with Crippen LogP contribution in [0.1, 0.15) is 11.1 Å². The van der Waals surface area contributed by atoms with Crippen molar-refractivity contribution in [1.82, 2.24) is 4.90 Å². The quantitative estimate of drug-likeness (QED) is 0.511. The highest BCUT2D eigenvalue weighted by Crippen LogP contribution is 2.35. The van der Waals surface area contributed by atoms with Crippen LogP contribution in [0.5, 0.6) is 11.5 Å².